The first-order chi connectivity index (χ1) is 22.0. The number of aromatic nitrogens is 4. The Morgan fingerprint density at radius 1 is 0.674 bits per heavy atom. The molecule has 0 amide bonds. The lowest BCUT2D eigenvalue weighted by Gasteiger charge is -2.40. The minimum Gasteiger partial charge on any atom is -0.457 e. The summed E-state index contributed by atoms with van der Waals surface area (Å²) in [6, 6.07) is 25.4. The van der Waals surface area contributed by atoms with E-state index in [9.17, 15) is 0 Å². The van der Waals surface area contributed by atoms with Crippen molar-refractivity contribution in [3.05, 3.63) is 118 Å². The zero-order valence-electron chi connectivity index (χ0n) is 28.5. The van der Waals surface area contributed by atoms with Gasteiger partial charge in [-0.15, -0.1) is 0 Å². The van der Waals surface area contributed by atoms with Crippen molar-refractivity contribution in [2.45, 2.75) is 68.2 Å². The van der Waals surface area contributed by atoms with Crippen LogP contribution in [0.2, 0.25) is 0 Å². The van der Waals surface area contributed by atoms with E-state index >= 15 is 0 Å². The second kappa shape index (κ2) is 11.3. The second-order valence-electron chi connectivity index (χ2n) is 13.7. The first-order valence-corrected chi connectivity index (χ1v) is 16.5. The summed E-state index contributed by atoms with van der Waals surface area (Å²) in [5, 5.41) is 7.50. The summed E-state index contributed by atoms with van der Waals surface area (Å²) in [4.78, 5) is 4.73. The zero-order chi connectivity index (χ0) is 32.4. The van der Waals surface area contributed by atoms with Crippen LogP contribution >= 0.6 is 0 Å². The number of hydrogen-bond donors (Lipinski definition) is 0. The average molecular weight is 609 g/mol. The van der Waals surface area contributed by atoms with Crippen molar-refractivity contribution in [2.75, 3.05) is 0 Å². The summed E-state index contributed by atoms with van der Waals surface area (Å²) < 4.78 is 11.0. The molecular weight excluding hydrogens is 564 g/mol. The lowest BCUT2D eigenvalue weighted by atomic mass is 9.64. The van der Waals surface area contributed by atoms with Crippen molar-refractivity contribution < 1.29 is 4.74 Å². The molecule has 5 heteroatoms. The van der Waals surface area contributed by atoms with Gasteiger partial charge >= 0.3 is 0 Å². The summed E-state index contributed by atoms with van der Waals surface area (Å²) in [6.45, 7) is 20.5. The molecule has 0 aliphatic heterocycles. The molecule has 0 spiro atoms. The molecule has 4 atom stereocenters. The number of allylic oxidation sites excluding steroid dienone is 2. The van der Waals surface area contributed by atoms with Crippen LogP contribution in [0.15, 0.2) is 90.1 Å². The zero-order valence-corrected chi connectivity index (χ0v) is 28.5. The van der Waals surface area contributed by atoms with Crippen molar-refractivity contribution in [1.82, 2.24) is 19.3 Å². The Bertz CT molecular complexity index is 2160. The van der Waals surface area contributed by atoms with Crippen molar-refractivity contribution in [3.63, 3.8) is 0 Å². The average Bonchev–Trinajstić information content (AvgIpc) is 3.52. The van der Waals surface area contributed by atoms with Gasteiger partial charge in [-0.2, -0.15) is 5.10 Å². The van der Waals surface area contributed by atoms with Crippen LogP contribution < -0.4 is 4.74 Å². The van der Waals surface area contributed by atoms with Gasteiger partial charge in [0.25, 0.3) is 0 Å². The highest BCUT2D eigenvalue weighted by Gasteiger charge is 2.38. The fraction of sp³-hybridized carbons (Fsp3) is 0.317. The molecule has 234 valence electrons. The summed E-state index contributed by atoms with van der Waals surface area (Å²) in [5.74, 6) is 4.62. The van der Waals surface area contributed by atoms with Gasteiger partial charge in [0.2, 0.25) is 0 Å². The Labute approximate surface area is 272 Å². The van der Waals surface area contributed by atoms with E-state index in [0.29, 0.717) is 23.7 Å². The van der Waals surface area contributed by atoms with Crippen molar-refractivity contribution in [1.29, 1.82) is 0 Å². The Balaban J connectivity index is 1.29. The quantitative estimate of drug-likeness (QED) is 0.183. The normalized spacial score (nSPS) is 20.2. The molecule has 7 rings (SSSR count). The molecule has 6 aromatic rings. The standard InChI is InChI=1S/C41H44N4O/c1-23-16-17-42-39(20-23)44-37-13-11-10-12-35(37)36-15-14-33(22-38(36)44)46-34-19-24(2)18-32(21-34)45-31(9)41(30(8)43-45)40-28(6)26(4)25(3)27(5)29(40)7/h10-22,25-26,28,40H,1-9H3/t25-,26+,28+,40?/m1/s1. The highest BCUT2D eigenvalue weighted by atomic mass is 16.5. The molecule has 3 aromatic heterocycles. The second-order valence-corrected chi connectivity index (χ2v) is 13.7. The van der Waals surface area contributed by atoms with Crippen LogP contribution in [-0.4, -0.2) is 19.3 Å². The number of pyridine rings is 1. The maximum Gasteiger partial charge on any atom is 0.137 e. The van der Waals surface area contributed by atoms with Gasteiger partial charge in [0.05, 0.1) is 22.4 Å². The fourth-order valence-electron chi connectivity index (χ4n) is 7.94. The molecule has 0 radical (unpaired) electrons. The van der Waals surface area contributed by atoms with E-state index in [2.05, 4.69) is 138 Å². The van der Waals surface area contributed by atoms with Crippen LogP contribution in [0, 0.1) is 45.4 Å². The minimum atomic E-state index is 0.377. The molecule has 1 unspecified atom stereocenters. The van der Waals surface area contributed by atoms with E-state index in [1.165, 1.54) is 38.7 Å². The molecule has 0 saturated carbocycles. The third-order valence-corrected chi connectivity index (χ3v) is 10.9. The molecule has 0 N–H and O–H groups in total. The predicted octanol–water partition coefficient (Wildman–Crippen LogP) is 10.7. The summed E-state index contributed by atoms with van der Waals surface area (Å²) in [5.41, 5.74) is 12.2. The molecule has 3 heterocycles. The van der Waals surface area contributed by atoms with E-state index in [-0.39, 0.29) is 0 Å². The minimum absolute atomic E-state index is 0.377. The monoisotopic (exact) mass is 608 g/mol. The molecule has 1 aliphatic rings. The van der Waals surface area contributed by atoms with Gasteiger partial charge in [-0.3, -0.25) is 4.57 Å². The van der Waals surface area contributed by atoms with Gasteiger partial charge in [-0.25, -0.2) is 9.67 Å². The van der Waals surface area contributed by atoms with Crippen LogP contribution in [0.3, 0.4) is 0 Å². The fourth-order valence-corrected chi connectivity index (χ4v) is 7.94. The molecule has 5 nitrogen and oxygen atoms in total. The summed E-state index contributed by atoms with van der Waals surface area (Å²) in [6.07, 6.45) is 1.87. The molecule has 0 saturated heterocycles. The lowest BCUT2D eigenvalue weighted by molar-refractivity contribution is 0.256. The predicted molar refractivity (Wildman–Crippen MR) is 190 cm³/mol. The van der Waals surface area contributed by atoms with Gasteiger partial charge in [-0.05, 0) is 113 Å². The van der Waals surface area contributed by atoms with Gasteiger partial charge in [0.15, 0.2) is 0 Å². The number of nitrogens with zero attached hydrogens (tertiary/aromatic N) is 4. The largest absolute Gasteiger partial charge is 0.457 e. The first kappa shape index (κ1) is 30.0. The topological polar surface area (TPSA) is 44.9 Å². The maximum atomic E-state index is 6.63. The van der Waals surface area contributed by atoms with Crippen LogP contribution in [0.25, 0.3) is 33.3 Å². The van der Waals surface area contributed by atoms with Crippen LogP contribution in [-0.2, 0) is 0 Å². The van der Waals surface area contributed by atoms with E-state index in [1.807, 2.05) is 12.3 Å². The van der Waals surface area contributed by atoms with Crippen molar-refractivity contribution in [3.8, 4) is 23.0 Å². The molecule has 0 bridgehead atoms. The number of rotatable bonds is 5. The maximum absolute atomic E-state index is 6.63. The van der Waals surface area contributed by atoms with Crippen LogP contribution in [0.4, 0.5) is 0 Å². The molecule has 3 aromatic carbocycles. The van der Waals surface area contributed by atoms with Gasteiger partial charge in [0.1, 0.15) is 17.3 Å². The van der Waals surface area contributed by atoms with Gasteiger partial charge in [-0.1, -0.05) is 50.1 Å². The van der Waals surface area contributed by atoms with E-state index < -0.39 is 0 Å². The highest BCUT2D eigenvalue weighted by Crippen LogP contribution is 2.48. The molecule has 46 heavy (non-hydrogen) atoms. The SMILES string of the molecule is CC1=C(C)[C@H](C)[C@H](C)[C@H](C)C1c1c(C)nn(-c2cc(C)cc(Oc3ccc4c5ccccc5n(-c5cc(C)ccn5)c4c3)c2)c1C. The lowest BCUT2D eigenvalue weighted by Crippen LogP contribution is -2.30. The molecule has 0 fully saturated rings. The van der Waals surface area contributed by atoms with E-state index in [1.54, 1.807) is 0 Å². The number of aryl methyl sites for hydroxylation is 3. The van der Waals surface area contributed by atoms with Gasteiger partial charge in [0, 0.05) is 46.3 Å². The third-order valence-electron chi connectivity index (χ3n) is 10.9. The highest BCUT2D eigenvalue weighted by molar-refractivity contribution is 6.09. The summed E-state index contributed by atoms with van der Waals surface area (Å²) >= 11 is 0. The number of fused-ring (bicyclic) bond motifs is 3. The number of ether oxygens (including phenoxy) is 1. The van der Waals surface area contributed by atoms with Crippen LogP contribution in [0.5, 0.6) is 11.5 Å². The van der Waals surface area contributed by atoms with E-state index in [4.69, 9.17) is 14.8 Å². The number of para-hydroxylation sites is 1. The number of benzene rings is 3. The van der Waals surface area contributed by atoms with Gasteiger partial charge < -0.3 is 4.74 Å². The molecular formula is C41H44N4O. The molecule has 1 aliphatic carbocycles. The Morgan fingerprint density at radius 2 is 1.43 bits per heavy atom. The van der Waals surface area contributed by atoms with E-state index in [0.717, 1.165) is 45.3 Å². The number of hydrogen-bond acceptors (Lipinski definition) is 3. The Kier molecular flexibility index (Phi) is 7.38. The summed E-state index contributed by atoms with van der Waals surface area (Å²) in [7, 11) is 0. The first-order valence-electron chi connectivity index (χ1n) is 16.5. The Hall–Kier alpha value is -4.64. The van der Waals surface area contributed by atoms with Crippen LogP contribution in [0.1, 0.15) is 68.6 Å². The Morgan fingerprint density at radius 3 is 2.22 bits per heavy atom. The smallest absolute Gasteiger partial charge is 0.137 e. The third kappa shape index (κ3) is 4.84. The van der Waals surface area contributed by atoms with Crippen molar-refractivity contribution >= 4 is 21.8 Å². The van der Waals surface area contributed by atoms with Crippen molar-refractivity contribution in [2.24, 2.45) is 17.8 Å².